The van der Waals surface area contributed by atoms with Gasteiger partial charge in [0.1, 0.15) is 5.69 Å². The SMILES string of the molecule is c1ccc2c(c1)nc1nc(-c3cnccn3)sn12. The van der Waals surface area contributed by atoms with Crippen molar-refractivity contribution in [2.75, 3.05) is 0 Å². The standard InChI is InChI=1S/C12H7N5S/c1-2-4-10-8(3-1)15-12-16-11(18-17(10)12)9-7-13-5-6-14-9/h1-7H. The van der Waals surface area contributed by atoms with Crippen molar-refractivity contribution in [1.29, 1.82) is 0 Å². The monoisotopic (exact) mass is 253 g/mol. The summed E-state index contributed by atoms with van der Waals surface area (Å²) in [4.78, 5) is 17.3. The molecule has 0 aliphatic heterocycles. The summed E-state index contributed by atoms with van der Waals surface area (Å²) in [5.41, 5.74) is 2.80. The average molecular weight is 253 g/mol. The molecular formula is C12H7N5S. The van der Waals surface area contributed by atoms with Crippen LogP contribution in [0.25, 0.3) is 27.5 Å². The van der Waals surface area contributed by atoms with Gasteiger partial charge in [0.15, 0.2) is 5.01 Å². The van der Waals surface area contributed by atoms with Gasteiger partial charge in [0, 0.05) is 12.4 Å². The minimum Gasteiger partial charge on any atom is -0.261 e. The van der Waals surface area contributed by atoms with Gasteiger partial charge in [0.2, 0.25) is 5.78 Å². The van der Waals surface area contributed by atoms with E-state index in [1.165, 1.54) is 11.5 Å². The van der Waals surface area contributed by atoms with E-state index in [0.29, 0.717) is 5.78 Å². The summed E-state index contributed by atoms with van der Waals surface area (Å²) in [5.74, 6) is 0.710. The van der Waals surface area contributed by atoms with E-state index in [4.69, 9.17) is 0 Å². The van der Waals surface area contributed by atoms with Gasteiger partial charge in [0.05, 0.1) is 17.2 Å². The molecule has 1 aromatic carbocycles. The van der Waals surface area contributed by atoms with E-state index in [9.17, 15) is 0 Å². The maximum atomic E-state index is 4.49. The summed E-state index contributed by atoms with van der Waals surface area (Å²) >= 11 is 1.53. The lowest BCUT2D eigenvalue weighted by Crippen LogP contribution is -1.82. The van der Waals surface area contributed by atoms with Crippen molar-refractivity contribution in [2.24, 2.45) is 0 Å². The van der Waals surface area contributed by atoms with Gasteiger partial charge in [-0.2, -0.15) is 4.98 Å². The fourth-order valence-corrected chi connectivity index (χ4v) is 2.77. The van der Waals surface area contributed by atoms with Gasteiger partial charge >= 0.3 is 0 Å². The van der Waals surface area contributed by atoms with Gasteiger partial charge in [-0.15, -0.1) is 0 Å². The van der Waals surface area contributed by atoms with Crippen LogP contribution in [-0.2, 0) is 0 Å². The number of aromatic nitrogens is 5. The van der Waals surface area contributed by atoms with Crippen LogP contribution in [0.3, 0.4) is 0 Å². The second-order valence-corrected chi connectivity index (χ2v) is 4.73. The van der Waals surface area contributed by atoms with Crippen LogP contribution in [0, 0.1) is 0 Å². The summed E-state index contributed by atoms with van der Waals surface area (Å²) in [5, 5.41) is 0.830. The number of para-hydroxylation sites is 2. The first-order valence-corrected chi connectivity index (χ1v) is 6.20. The minimum atomic E-state index is 0.710. The predicted octanol–water partition coefficient (Wildman–Crippen LogP) is 2.40. The lowest BCUT2D eigenvalue weighted by atomic mass is 10.3. The van der Waals surface area contributed by atoms with Crippen LogP contribution < -0.4 is 0 Å². The molecule has 0 amide bonds. The average Bonchev–Trinajstić information content (AvgIpc) is 2.97. The third-order valence-corrected chi connectivity index (χ3v) is 3.68. The molecule has 4 rings (SSSR count). The number of nitrogens with zero attached hydrogens (tertiary/aromatic N) is 5. The number of imidazole rings is 1. The van der Waals surface area contributed by atoms with Crippen LogP contribution in [0.2, 0.25) is 0 Å². The molecule has 0 atom stereocenters. The minimum absolute atomic E-state index is 0.710. The van der Waals surface area contributed by atoms with Crippen LogP contribution in [0.1, 0.15) is 0 Å². The maximum absolute atomic E-state index is 4.49. The third kappa shape index (κ3) is 1.32. The van der Waals surface area contributed by atoms with Gasteiger partial charge in [-0.25, -0.2) is 8.77 Å². The van der Waals surface area contributed by atoms with Crippen LogP contribution in [0.4, 0.5) is 0 Å². The molecule has 0 aliphatic rings. The van der Waals surface area contributed by atoms with E-state index >= 15 is 0 Å². The molecule has 18 heavy (non-hydrogen) atoms. The van der Waals surface area contributed by atoms with E-state index in [1.54, 1.807) is 18.6 Å². The Bertz CT molecular complexity index is 833. The number of rotatable bonds is 1. The van der Waals surface area contributed by atoms with Gasteiger partial charge in [-0.05, 0) is 23.7 Å². The molecule has 0 unspecified atom stereocenters. The predicted molar refractivity (Wildman–Crippen MR) is 69.4 cm³/mol. The lowest BCUT2D eigenvalue weighted by Gasteiger charge is -1.91. The highest BCUT2D eigenvalue weighted by atomic mass is 32.1. The number of fused-ring (bicyclic) bond motifs is 3. The molecular weight excluding hydrogens is 246 g/mol. The Morgan fingerprint density at radius 3 is 2.89 bits per heavy atom. The van der Waals surface area contributed by atoms with Crippen molar-refractivity contribution in [1.82, 2.24) is 23.7 Å². The molecule has 5 nitrogen and oxygen atoms in total. The van der Waals surface area contributed by atoms with E-state index < -0.39 is 0 Å². The van der Waals surface area contributed by atoms with E-state index in [0.717, 1.165) is 21.7 Å². The fraction of sp³-hybridized carbons (Fsp3) is 0. The number of hydrogen-bond acceptors (Lipinski definition) is 5. The second kappa shape index (κ2) is 3.58. The van der Waals surface area contributed by atoms with Gasteiger partial charge in [-0.1, -0.05) is 12.1 Å². The molecule has 0 spiro atoms. The van der Waals surface area contributed by atoms with Crippen molar-refractivity contribution in [3.05, 3.63) is 42.9 Å². The van der Waals surface area contributed by atoms with Crippen LogP contribution in [-0.4, -0.2) is 23.7 Å². The summed E-state index contributed by atoms with van der Waals surface area (Å²) in [7, 11) is 0. The third-order valence-electron chi connectivity index (χ3n) is 2.66. The summed E-state index contributed by atoms with van der Waals surface area (Å²) in [6.45, 7) is 0. The lowest BCUT2D eigenvalue weighted by molar-refractivity contribution is 1.19. The summed E-state index contributed by atoms with van der Waals surface area (Å²) < 4.78 is 2.01. The first-order valence-electron chi connectivity index (χ1n) is 5.43. The van der Waals surface area contributed by atoms with Gasteiger partial charge in [-0.3, -0.25) is 9.97 Å². The fourth-order valence-electron chi connectivity index (χ4n) is 1.86. The Morgan fingerprint density at radius 1 is 1.06 bits per heavy atom. The molecule has 4 aromatic rings. The van der Waals surface area contributed by atoms with E-state index in [1.807, 2.05) is 28.1 Å². The number of benzene rings is 1. The highest BCUT2D eigenvalue weighted by molar-refractivity contribution is 7.10. The molecule has 0 radical (unpaired) electrons. The van der Waals surface area contributed by atoms with E-state index in [-0.39, 0.29) is 0 Å². The van der Waals surface area contributed by atoms with Crippen molar-refractivity contribution in [3.63, 3.8) is 0 Å². The normalized spacial score (nSPS) is 11.3. The Hall–Kier alpha value is -2.34. The molecule has 3 heterocycles. The quantitative estimate of drug-likeness (QED) is 0.522. The Morgan fingerprint density at radius 2 is 2.00 bits per heavy atom. The van der Waals surface area contributed by atoms with Crippen LogP contribution in [0.15, 0.2) is 42.9 Å². The molecule has 0 saturated carbocycles. The maximum Gasteiger partial charge on any atom is 0.246 e. The second-order valence-electron chi connectivity index (χ2n) is 3.79. The van der Waals surface area contributed by atoms with Crippen LogP contribution >= 0.6 is 11.5 Å². The molecule has 86 valence electrons. The summed E-state index contributed by atoms with van der Waals surface area (Å²) in [6, 6.07) is 7.99. The summed E-state index contributed by atoms with van der Waals surface area (Å²) in [6.07, 6.45) is 5.02. The van der Waals surface area contributed by atoms with Crippen molar-refractivity contribution in [2.45, 2.75) is 0 Å². The van der Waals surface area contributed by atoms with Gasteiger partial charge < -0.3 is 0 Å². The molecule has 3 aromatic heterocycles. The van der Waals surface area contributed by atoms with Crippen LogP contribution in [0.5, 0.6) is 0 Å². The first-order chi connectivity index (χ1) is 8.92. The Balaban J connectivity index is 2.00. The molecule has 0 saturated heterocycles. The largest absolute Gasteiger partial charge is 0.261 e. The zero-order valence-corrected chi connectivity index (χ0v) is 10.0. The Labute approximate surface area is 106 Å². The van der Waals surface area contributed by atoms with Crippen molar-refractivity contribution < 1.29 is 0 Å². The van der Waals surface area contributed by atoms with Gasteiger partial charge in [0.25, 0.3) is 0 Å². The zero-order chi connectivity index (χ0) is 11.9. The van der Waals surface area contributed by atoms with Crippen molar-refractivity contribution >= 4 is 28.3 Å². The smallest absolute Gasteiger partial charge is 0.246 e. The topological polar surface area (TPSA) is 56.0 Å². The zero-order valence-electron chi connectivity index (χ0n) is 9.19. The highest BCUT2D eigenvalue weighted by Gasteiger charge is 2.11. The molecule has 6 heteroatoms. The molecule has 0 N–H and O–H groups in total. The van der Waals surface area contributed by atoms with E-state index in [2.05, 4.69) is 19.9 Å². The molecule has 0 fully saturated rings. The Kier molecular flexibility index (Phi) is 1.92. The van der Waals surface area contributed by atoms with Crippen molar-refractivity contribution in [3.8, 4) is 10.7 Å². The molecule has 0 bridgehead atoms. The highest BCUT2D eigenvalue weighted by Crippen LogP contribution is 2.25. The number of hydrogen-bond donors (Lipinski definition) is 0. The molecule has 0 aliphatic carbocycles. The first kappa shape index (κ1) is 9.67.